The van der Waals surface area contributed by atoms with E-state index in [0.29, 0.717) is 5.92 Å². The van der Waals surface area contributed by atoms with Crippen LogP contribution in [-0.2, 0) is 24.0 Å². The topological polar surface area (TPSA) is 0 Å². The molecule has 3 heteroatoms. The van der Waals surface area contributed by atoms with Crippen LogP contribution in [0.3, 0.4) is 0 Å². The minimum atomic E-state index is 0. The van der Waals surface area contributed by atoms with Gasteiger partial charge in [-0.15, -0.1) is 46.3 Å². The Balaban J connectivity index is 0.00000140. The van der Waals surface area contributed by atoms with E-state index in [4.69, 9.17) is 6.42 Å². The summed E-state index contributed by atoms with van der Waals surface area (Å²) in [5, 5.41) is 0. The third kappa shape index (κ3) is 4.26. The predicted molar refractivity (Wildman–Crippen MR) is 132 cm³/mol. The van der Waals surface area contributed by atoms with Crippen molar-refractivity contribution in [3.8, 4) is 12.3 Å². The van der Waals surface area contributed by atoms with Crippen LogP contribution in [0.5, 0.6) is 0 Å². The Morgan fingerprint density at radius 2 is 1.62 bits per heavy atom. The molecule has 2 unspecified atom stereocenters. The van der Waals surface area contributed by atoms with Crippen LogP contribution in [-0.4, -0.2) is 0 Å². The molecule has 4 rings (SSSR count). The number of terminal acetylenes is 1. The number of hydrogen-bond acceptors (Lipinski definition) is 0. The largest absolute Gasteiger partial charge is 0.120 e. The van der Waals surface area contributed by atoms with Crippen LogP contribution in [0.4, 0.5) is 0 Å². The van der Waals surface area contributed by atoms with Gasteiger partial charge in [-0.05, 0) is 40.5 Å². The van der Waals surface area contributed by atoms with E-state index in [1.165, 1.54) is 22.3 Å². The Morgan fingerprint density at radius 3 is 2.34 bits per heavy atom. The van der Waals surface area contributed by atoms with E-state index in [9.17, 15) is 0 Å². The second-order valence-corrected chi connectivity index (χ2v) is 8.14. The van der Waals surface area contributed by atoms with Gasteiger partial charge in [-0.1, -0.05) is 86.7 Å². The smallest absolute Gasteiger partial charge is 0.0201 e. The predicted octanol–water partition coefficient (Wildman–Crippen LogP) is 7.74. The number of rotatable bonds is 5. The van der Waals surface area contributed by atoms with Crippen LogP contribution in [0, 0.1) is 17.8 Å². The minimum Gasteiger partial charge on any atom is -0.120 e. The van der Waals surface area contributed by atoms with E-state index in [2.05, 4.69) is 92.6 Å². The van der Waals surface area contributed by atoms with Crippen LogP contribution in [0.15, 0.2) is 60.7 Å². The van der Waals surface area contributed by atoms with Crippen molar-refractivity contribution in [2.45, 2.75) is 44.4 Å². The number of halogens is 2. The summed E-state index contributed by atoms with van der Waals surface area (Å²) in [6, 6.07) is 17.7. The number of hydrogen-bond donors (Lipinski definition) is 0. The summed E-state index contributed by atoms with van der Waals surface area (Å²) < 4.78 is 0. The van der Waals surface area contributed by atoms with Gasteiger partial charge in [0.05, 0.1) is 0 Å². The number of benzene rings is 2. The molecular weight excluding hydrogens is 523 g/mol. The Morgan fingerprint density at radius 1 is 0.966 bits per heavy atom. The minimum absolute atomic E-state index is 0. The van der Waals surface area contributed by atoms with Crippen LogP contribution in [0.1, 0.15) is 61.3 Å². The Labute approximate surface area is 208 Å². The van der Waals surface area contributed by atoms with Crippen molar-refractivity contribution in [1.82, 2.24) is 0 Å². The molecule has 0 bridgehead atoms. The average molecular weight is 551 g/mol. The maximum absolute atomic E-state index is 5.57. The van der Waals surface area contributed by atoms with Gasteiger partial charge in [0, 0.05) is 36.3 Å². The van der Waals surface area contributed by atoms with Crippen molar-refractivity contribution in [2.24, 2.45) is 5.41 Å². The van der Waals surface area contributed by atoms with Crippen molar-refractivity contribution in [3.63, 3.8) is 0 Å². The van der Waals surface area contributed by atoms with Gasteiger partial charge in [0.1, 0.15) is 0 Å². The van der Waals surface area contributed by atoms with E-state index in [0.717, 1.165) is 19.3 Å². The van der Waals surface area contributed by atoms with Crippen LogP contribution >= 0.6 is 34.0 Å². The molecule has 0 amide bonds. The average Bonchev–Trinajstić information content (AvgIpc) is 3.25. The summed E-state index contributed by atoms with van der Waals surface area (Å²) in [7, 11) is 0. The summed E-state index contributed by atoms with van der Waals surface area (Å²) in [5.74, 6) is 3.23. The first kappa shape index (κ1) is 26.1. The fourth-order valence-corrected chi connectivity index (χ4v) is 5.10. The van der Waals surface area contributed by atoms with Gasteiger partial charge in [0.25, 0.3) is 0 Å². The zero-order valence-corrected chi connectivity index (χ0v) is 21.8. The molecule has 2 atom stereocenters. The maximum atomic E-state index is 5.57. The van der Waals surface area contributed by atoms with Gasteiger partial charge in [-0.3, -0.25) is 0 Å². The van der Waals surface area contributed by atoms with Gasteiger partial charge in [-0.2, -0.15) is 0 Å². The molecule has 0 aromatic heterocycles. The summed E-state index contributed by atoms with van der Waals surface area (Å²) in [4.78, 5) is 0. The van der Waals surface area contributed by atoms with Gasteiger partial charge in [-0.25, -0.2) is 0 Å². The molecule has 151 valence electrons. The second kappa shape index (κ2) is 10.4. The van der Waals surface area contributed by atoms with Crippen molar-refractivity contribution < 1.29 is 18.6 Å². The molecule has 0 heterocycles. The summed E-state index contributed by atoms with van der Waals surface area (Å²) >= 11 is 0. The molecule has 2 aromatic rings. The molecule has 0 saturated heterocycles. The van der Waals surface area contributed by atoms with Crippen molar-refractivity contribution in [1.29, 1.82) is 0 Å². The van der Waals surface area contributed by atoms with E-state index in [-0.39, 0.29) is 63.3 Å². The molecule has 2 aromatic carbocycles. The molecule has 0 nitrogen and oxygen atoms in total. The molecule has 0 spiro atoms. The SMILES string of the molecule is Br.Br.C#CCCCC1(C(C)(C)C2C=Cc3ccccc32)C=Cc2ccccc21.[V]. The zero-order chi connectivity index (χ0) is 18.2. The van der Waals surface area contributed by atoms with E-state index in [1.807, 2.05) is 0 Å². The molecule has 0 N–H and O–H groups in total. The van der Waals surface area contributed by atoms with Crippen LogP contribution in [0.25, 0.3) is 12.2 Å². The molecule has 2 aliphatic carbocycles. The van der Waals surface area contributed by atoms with Crippen molar-refractivity contribution in [2.75, 3.05) is 0 Å². The molecule has 0 aliphatic heterocycles. The zero-order valence-electron chi connectivity index (χ0n) is 17.0. The van der Waals surface area contributed by atoms with Crippen molar-refractivity contribution in [3.05, 3.63) is 82.9 Å². The van der Waals surface area contributed by atoms with Crippen LogP contribution < -0.4 is 0 Å². The summed E-state index contributed by atoms with van der Waals surface area (Å²) in [6.45, 7) is 4.87. The van der Waals surface area contributed by atoms with E-state index >= 15 is 0 Å². The quantitative estimate of drug-likeness (QED) is 0.264. The standard InChI is InChI=1S/C26H26.2BrH.V/c1-4-5-10-18-26(19-17-21-12-7-9-14-23(21)26)25(2,3)24-16-15-20-11-6-8-13-22(20)24;;;/h1,6-9,11-17,19,24H,5,10,18H2,2-3H3;2*1H;. The Hall–Kier alpha value is -0.976. The maximum Gasteiger partial charge on any atom is 0.0201 e. The molecular formula is C26H28Br2V. The van der Waals surface area contributed by atoms with Crippen molar-refractivity contribution >= 4 is 46.1 Å². The first-order valence-corrected chi connectivity index (χ1v) is 9.59. The molecule has 0 fully saturated rings. The molecule has 2 aliphatic rings. The fourth-order valence-electron chi connectivity index (χ4n) is 5.10. The van der Waals surface area contributed by atoms with Gasteiger partial charge in [0.2, 0.25) is 0 Å². The van der Waals surface area contributed by atoms with E-state index in [1.54, 1.807) is 0 Å². The Bertz CT molecular complexity index is 936. The molecule has 29 heavy (non-hydrogen) atoms. The van der Waals surface area contributed by atoms with Gasteiger partial charge >= 0.3 is 0 Å². The van der Waals surface area contributed by atoms with Crippen LogP contribution in [0.2, 0.25) is 0 Å². The second-order valence-electron chi connectivity index (χ2n) is 8.14. The van der Waals surface area contributed by atoms with Gasteiger partial charge < -0.3 is 0 Å². The fraction of sp³-hybridized carbons (Fsp3) is 0.308. The normalized spacial score (nSPS) is 20.5. The summed E-state index contributed by atoms with van der Waals surface area (Å²) in [5.41, 5.74) is 5.68. The van der Waals surface area contributed by atoms with Gasteiger partial charge in [0.15, 0.2) is 0 Å². The number of allylic oxidation sites excluding steroid dienone is 2. The number of unbranched alkanes of at least 4 members (excludes halogenated alkanes) is 1. The summed E-state index contributed by atoms with van der Waals surface area (Å²) in [6.07, 6.45) is 18.0. The third-order valence-electron chi connectivity index (χ3n) is 6.61. The molecule has 0 saturated carbocycles. The third-order valence-corrected chi connectivity index (χ3v) is 6.61. The first-order chi connectivity index (χ1) is 12.6. The van der Waals surface area contributed by atoms with E-state index < -0.39 is 0 Å². The number of fused-ring (bicyclic) bond motifs is 2. The first-order valence-electron chi connectivity index (χ1n) is 9.59. The molecule has 1 radical (unpaired) electrons. The Kier molecular flexibility index (Phi) is 9.31. The monoisotopic (exact) mass is 549 g/mol.